The van der Waals surface area contributed by atoms with Crippen LogP contribution in [0.3, 0.4) is 0 Å². The van der Waals surface area contributed by atoms with Crippen LogP contribution in [0.4, 0.5) is 5.13 Å². The van der Waals surface area contributed by atoms with Crippen LogP contribution in [0.1, 0.15) is 16.2 Å². The van der Waals surface area contributed by atoms with E-state index in [0.29, 0.717) is 5.13 Å². The third-order valence-electron chi connectivity index (χ3n) is 4.72. The standard InChI is InChI=1S/C20H18N4O3S/c1-11-18(12-6-4-5-7-15(12)24(11)2)14-10-28-20(22-14)23-19(26)13-8-16(25)17(27-3)9-21-13/h4-10H,1-3H3,(H,21,25)(H,22,23,26). The Kier molecular flexibility index (Phi) is 4.48. The monoisotopic (exact) mass is 394 g/mol. The Labute approximate surface area is 164 Å². The topological polar surface area (TPSA) is 89.0 Å². The number of benzene rings is 1. The van der Waals surface area contributed by atoms with Crippen LogP contribution in [0, 0.1) is 6.92 Å². The predicted octanol–water partition coefficient (Wildman–Crippen LogP) is 3.56. The Hall–Kier alpha value is -3.39. The van der Waals surface area contributed by atoms with Gasteiger partial charge in [0.05, 0.1) is 12.8 Å². The fraction of sp³-hybridized carbons (Fsp3) is 0.150. The van der Waals surface area contributed by atoms with Gasteiger partial charge in [0.1, 0.15) is 5.69 Å². The quantitative estimate of drug-likeness (QED) is 0.554. The molecule has 4 aromatic rings. The molecular weight excluding hydrogens is 376 g/mol. The van der Waals surface area contributed by atoms with Crippen molar-refractivity contribution in [3.05, 3.63) is 63.5 Å². The number of nitrogens with zero attached hydrogens (tertiary/aromatic N) is 2. The number of carbonyl (C=O) groups excluding carboxylic acids is 1. The fourth-order valence-corrected chi connectivity index (χ4v) is 3.90. The second kappa shape index (κ2) is 6.97. The predicted molar refractivity (Wildman–Crippen MR) is 110 cm³/mol. The number of H-pyrrole nitrogens is 1. The number of para-hydroxylation sites is 1. The largest absolute Gasteiger partial charge is 0.491 e. The third-order valence-corrected chi connectivity index (χ3v) is 5.48. The molecule has 142 valence electrons. The van der Waals surface area contributed by atoms with Crippen LogP contribution in [0.2, 0.25) is 0 Å². The summed E-state index contributed by atoms with van der Waals surface area (Å²) in [5.41, 5.74) is 3.86. The lowest BCUT2D eigenvalue weighted by atomic mass is 10.1. The summed E-state index contributed by atoms with van der Waals surface area (Å²) in [6.45, 7) is 2.05. The second-order valence-electron chi connectivity index (χ2n) is 6.31. The highest BCUT2D eigenvalue weighted by Crippen LogP contribution is 2.35. The van der Waals surface area contributed by atoms with Crippen molar-refractivity contribution in [2.75, 3.05) is 12.4 Å². The fourth-order valence-electron chi connectivity index (χ4n) is 3.20. The molecule has 0 saturated heterocycles. The van der Waals surface area contributed by atoms with Crippen molar-refractivity contribution in [2.45, 2.75) is 6.92 Å². The first-order valence-electron chi connectivity index (χ1n) is 8.57. The minimum Gasteiger partial charge on any atom is -0.491 e. The number of anilines is 1. The van der Waals surface area contributed by atoms with Crippen LogP contribution in [0.15, 0.2) is 46.7 Å². The molecule has 1 amide bonds. The van der Waals surface area contributed by atoms with Crippen molar-refractivity contribution in [1.82, 2.24) is 14.5 Å². The van der Waals surface area contributed by atoms with Crippen LogP contribution in [0.5, 0.6) is 5.75 Å². The zero-order valence-corrected chi connectivity index (χ0v) is 16.4. The normalized spacial score (nSPS) is 11.0. The lowest BCUT2D eigenvalue weighted by molar-refractivity contribution is 0.102. The average molecular weight is 394 g/mol. The molecule has 1 aromatic carbocycles. The number of methoxy groups -OCH3 is 1. The summed E-state index contributed by atoms with van der Waals surface area (Å²) in [6.07, 6.45) is 1.37. The number of thiazole rings is 1. The van der Waals surface area contributed by atoms with Gasteiger partial charge in [0.25, 0.3) is 5.91 Å². The highest BCUT2D eigenvalue weighted by atomic mass is 32.1. The van der Waals surface area contributed by atoms with E-state index in [0.717, 1.165) is 27.9 Å². The summed E-state index contributed by atoms with van der Waals surface area (Å²) >= 11 is 1.34. The molecule has 0 spiro atoms. The molecule has 0 aliphatic rings. The van der Waals surface area contributed by atoms with Crippen molar-refractivity contribution in [2.24, 2.45) is 7.05 Å². The lowest BCUT2D eigenvalue weighted by Crippen LogP contribution is -2.17. The van der Waals surface area contributed by atoms with Gasteiger partial charge in [-0.15, -0.1) is 11.3 Å². The molecule has 0 saturated carbocycles. The Morgan fingerprint density at radius 2 is 2.11 bits per heavy atom. The van der Waals surface area contributed by atoms with Crippen LogP contribution >= 0.6 is 11.3 Å². The van der Waals surface area contributed by atoms with E-state index in [1.165, 1.54) is 30.7 Å². The van der Waals surface area contributed by atoms with Gasteiger partial charge in [0.2, 0.25) is 5.43 Å². The Balaban J connectivity index is 1.64. The van der Waals surface area contributed by atoms with Gasteiger partial charge in [0, 0.05) is 46.9 Å². The first-order valence-corrected chi connectivity index (χ1v) is 9.45. The number of rotatable bonds is 4. The lowest BCUT2D eigenvalue weighted by Gasteiger charge is -2.03. The van der Waals surface area contributed by atoms with Gasteiger partial charge in [-0.2, -0.15) is 0 Å². The van der Waals surface area contributed by atoms with E-state index in [1.807, 2.05) is 24.6 Å². The summed E-state index contributed by atoms with van der Waals surface area (Å²) in [6, 6.07) is 9.35. The highest BCUT2D eigenvalue weighted by molar-refractivity contribution is 7.14. The minimum atomic E-state index is -0.435. The van der Waals surface area contributed by atoms with E-state index in [4.69, 9.17) is 4.74 Å². The number of amides is 1. The van der Waals surface area contributed by atoms with E-state index in [2.05, 4.69) is 38.9 Å². The molecule has 8 heteroatoms. The molecule has 0 atom stereocenters. The van der Waals surface area contributed by atoms with Crippen LogP contribution < -0.4 is 15.5 Å². The first-order chi connectivity index (χ1) is 13.5. The number of fused-ring (bicyclic) bond motifs is 1. The number of nitrogens with one attached hydrogen (secondary N) is 2. The molecule has 0 aliphatic heterocycles. The van der Waals surface area contributed by atoms with Gasteiger partial charge in [-0.1, -0.05) is 18.2 Å². The summed E-state index contributed by atoms with van der Waals surface area (Å²) in [5.74, 6) is -0.283. The molecule has 2 N–H and O–H groups in total. The Morgan fingerprint density at radius 3 is 2.86 bits per heavy atom. The maximum atomic E-state index is 12.4. The van der Waals surface area contributed by atoms with E-state index < -0.39 is 5.91 Å². The number of hydrogen-bond acceptors (Lipinski definition) is 5. The maximum absolute atomic E-state index is 12.4. The number of aromatic nitrogens is 3. The van der Waals surface area contributed by atoms with Gasteiger partial charge in [-0.05, 0) is 13.0 Å². The molecule has 0 radical (unpaired) electrons. The first kappa shape index (κ1) is 18.0. The average Bonchev–Trinajstić information content (AvgIpc) is 3.24. The van der Waals surface area contributed by atoms with Crippen LogP contribution in [-0.2, 0) is 7.05 Å². The summed E-state index contributed by atoms with van der Waals surface area (Å²) in [4.78, 5) is 31.6. The summed E-state index contributed by atoms with van der Waals surface area (Å²) < 4.78 is 7.04. The van der Waals surface area contributed by atoms with E-state index in [9.17, 15) is 9.59 Å². The molecule has 7 nitrogen and oxygen atoms in total. The number of aryl methyl sites for hydroxylation is 1. The van der Waals surface area contributed by atoms with Gasteiger partial charge in [-0.25, -0.2) is 4.98 Å². The van der Waals surface area contributed by atoms with Crippen molar-refractivity contribution >= 4 is 33.3 Å². The van der Waals surface area contributed by atoms with E-state index in [1.54, 1.807) is 0 Å². The van der Waals surface area contributed by atoms with Gasteiger partial charge in [-0.3, -0.25) is 14.9 Å². The van der Waals surface area contributed by atoms with Gasteiger partial charge in [0.15, 0.2) is 10.9 Å². The van der Waals surface area contributed by atoms with Crippen LogP contribution in [-0.4, -0.2) is 27.6 Å². The van der Waals surface area contributed by atoms with Gasteiger partial charge < -0.3 is 14.3 Å². The molecule has 0 unspecified atom stereocenters. The molecule has 0 fully saturated rings. The smallest absolute Gasteiger partial charge is 0.273 e. The van der Waals surface area contributed by atoms with E-state index in [-0.39, 0.29) is 16.9 Å². The summed E-state index contributed by atoms with van der Waals surface area (Å²) in [7, 11) is 3.42. The van der Waals surface area contributed by atoms with Crippen molar-refractivity contribution in [3.8, 4) is 17.0 Å². The molecule has 0 bridgehead atoms. The summed E-state index contributed by atoms with van der Waals surface area (Å²) in [5, 5.41) is 6.23. The molecule has 28 heavy (non-hydrogen) atoms. The van der Waals surface area contributed by atoms with Crippen molar-refractivity contribution in [1.29, 1.82) is 0 Å². The Morgan fingerprint density at radius 1 is 1.32 bits per heavy atom. The number of carbonyl (C=O) groups is 1. The number of aromatic amines is 1. The SMILES string of the molecule is COc1c[nH]c(C(=O)Nc2nc(-c3c(C)n(C)c4ccccc34)cs2)cc1=O. The molecule has 3 heterocycles. The molecule has 3 aromatic heterocycles. The van der Waals surface area contributed by atoms with Crippen LogP contribution in [0.25, 0.3) is 22.2 Å². The van der Waals surface area contributed by atoms with Crippen molar-refractivity contribution < 1.29 is 9.53 Å². The molecular formula is C20H18N4O3S. The Bertz CT molecular complexity index is 1250. The zero-order valence-electron chi connectivity index (χ0n) is 15.6. The van der Waals surface area contributed by atoms with Gasteiger partial charge >= 0.3 is 0 Å². The third kappa shape index (κ3) is 2.97. The molecule has 0 aliphatic carbocycles. The zero-order chi connectivity index (χ0) is 19.8. The second-order valence-corrected chi connectivity index (χ2v) is 7.17. The van der Waals surface area contributed by atoms with Crippen molar-refractivity contribution in [3.63, 3.8) is 0 Å². The number of ether oxygens (including phenoxy) is 1. The highest BCUT2D eigenvalue weighted by Gasteiger charge is 2.17. The maximum Gasteiger partial charge on any atom is 0.273 e. The minimum absolute atomic E-state index is 0.142. The number of pyridine rings is 1. The number of hydrogen-bond donors (Lipinski definition) is 2. The van der Waals surface area contributed by atoms with E-state index >= 15 is 0 Å². The molecule has 4 rings (SSSR count).